The molecule has 1 rings (SSSR count). The highest BCUT2D eigenvalue weighted by Crippen LogP contribution is 2.10. The summed E-state index contributed by atoms with van der Waals surface area (Å²) in [4.78, 5) is 4.63. The number of rotatable bonds is 7. The van der Waals surface area contributed by atoms with E-state index in [0.717, 1.165) is 39.3 Å². The fraction of sp³-hybridized carbons (Fsp3) is 1.00. The van der Waals surface area contributed by atoms with E-state index < -0.39 is 0 Å². The number of nitrogens with one attached hydrogen (secondary N) is 1. The molecule has 0 aliphatic carbocycles. The summed E-state index contributed by atoms with van der Waals surface area (Å²) < 4.78 is 0. The maximum Gasteiger partial charge on any atom is 0.0793 e. The lowest BCUT2D eigenvalue weighted by atomic mass is 10.0. The molecule has 0 bridgehead atoms. The second-order valence-corrected chi connectivity index (χ2v) is 6.12. The lowest BCUT2D eigenvalue weighted by molar-refractivity contribution is 0.0637. The molecule has 0 saturated carbocycles. The molecule has 2 atom stereocenters. The number of aliphatic hydroxyl groups is 1. The Balaban J connectivity index is 2.23. The Kier molecular flexibility index (Phi) is 7.15. The molecule has 108 valence electrons. The van der Waals surface area contributed by atoms with E-state index in [-0.39, 0.29) is 6.10 Å². The normalized spacial score (nSPS) is 21.5. The SMILES string of the molecule is CC(C)CC(C)N(C)CC(O)CN1CCNCC1. The van der Waals surface area contributed by atoms with Gasteiger partial charge >= 0.3 is 0 Å². The van der Waals surface area contributed by atoms with Crippen LogP contribution in [0.1, 0.15) is 27.2 Å². The molecular formula is C14H31N3O. The smallest absolute Gasteiger partial charge is 0.0793 e. The molecule has 2 unspecified atom stereocenters. The molecular weight excluding hydrogens is 226 g/mol. The summed E-state index contributed by atoms with van der Waals surface area (Å²) in [5.74, 6) is 0.716. The van der Waals surface area contributed by atoms with E-state index in [9.17, 15) is 5.11 Å². The molecule has 1 aliphatic heterocycles. The third-order valence-corrected chi connectivity index (χ3v) is 3.74. The van der Waals surface area contributed by atoms with E-state index >= 15 is 0 Å². The zero-order chi connectivity index (χ0) is 13.5. The van der Waals surface area contributed by atoms with E-state index in [2.05, 4.69) is 42.9 Å². The van der Waals surface area contributed by atoms with Gasteiger partial charge < -0.3 is 15.3 Å². The lowest BCUT2D eigenvalue weighted by Gasteiger charge is -2.32. The summed E-state index contributed by atoms with van der Waals surface area (Å²) >= 11 is 0. The van der Waals surface area contributed by atoms with Gasteiger partial charge in [-0.3, -0.25) is 4.90 Å². The molecule has 0 radical (unpaired) electrons. The van der Waals surface area contributed by atoms with Crippen LogP contribution >= 0.6 is 0 Å². The van der Waals surface area contributed by atoms with Gasteiger partial charge in [0, 0.05) is 45.3 Å². The van der Waals surface area contributed by atoms with Gasteiger partial charge in [-0.25, -0.2) is 0 Å². The molecule has 2 N–H and O–H groups in total. The Morgan fingerprint density at radius 3 is 2.39 bits per heavy atom. The maximum absolute atomic E-state index is 10.2. The highest BCUT2D eigenvalue weighted by Gasteiger charge is 2.18. The second-order valence-electron chi connectivity index (χ2n) is 6.12. The average molecular weight is 257 g/mol. The number of aliphatic hydroxyl groups excluding tert-OH is 1. The third-order valence-electron chi connectivity index (χ3n) is 3.74. The Hall–Kier alpha value is -0.160. The second kappa shape index (κ2) is 8.10. The summed E-state index contributed by atoms with van der Waals surface area (Å²) in [5, 5.41) is 13.5. The van der Waals surface area contributed by atoms with E-state index in [0.29, 0.717) is 12.0 Å². The van der Waals surface area contributed by atoms with Crippen molar-refractivity contribution in [2.45, 2.75) is 39.3 Å². The summed E-state index contributed by atoms with van der Waals surface area (Å²) in [6.45, 7) is 12.5. The average Bonchev–Trinajstić information content (AvgIpc) is 2.29. The van der Waals surface area contributed by atoms with Crippen LogP contribution in [0.25, 0.3) is 0 Å². The van der Waals surface area contributed by atoms with Crippen LogP contribution in [0.5, 0.6) is 0 Å². The Morgan fingerprint density at radius 2 is 1.83 bits per heavy atom. The number of piperazine rings is 1. The highest BCUT2D eigenvalue weighted by atomic mass is 16.3. The Morgan fingerprint density at radius 1 is 1.22 bits per heavy atom. The summed E-state index contributed by atoms with van der Waals surface area (Å²) in [6, 6.07) is 0.544. The molecule has 0 aromatic carbocycles. The first-order valence-corrected chi connectivity index (χ1v) is 7.30. The van der Waals surface area contributed by atoms with Crippen LogP contribution in [0, 0.1) is 5.92 Å². The fourth-order valence-corrected chi connectivity index (χ4v) is 2.62. The van der Waals surface area contributed by atoms with Gasteiger partial charge in [0.25, 0.3) is 0 Å². The molecule has 1 heterocycles. The van der Waals surface area contributed by atoms with Crippen LogP contribution < -0.4 is 5.32 Å². The highest BCUT2D eigenvalue weighted by molar-refractivity contribution is 4.74. The summed E-state index contributed by atoms with van der Waals surface area (Å²) in [7, 11) is 2.12. The molecule has 0 aromatic heterocycles. The van der Waals surface area contributed by atoms with Gasteiger partial charge in [-0.2, -0.15) is 0 Å². The lowest BCUT2D eigenvalue weighted by Crippen LogP contribution is -2.48. The van der Waals surface area contributed by atoms with Gasteiger partial charge in [-0.15, -0.1) is 0 Å². The van der Waals surface area contributed by atoms with Gasteiger partial charge in [0.05, 0.1) is 6.10 Å². The van der Waals surface area contributed by atoms with Crippen LogP contribution in [0.4, 0.5) is 0 Å². The summed E-state index contributed by atoms with van der Waals surface area (Å²) in [6.07, 6.45) is 0.958. The standard InChI is InChI=1S/C14H31N3O/c1-12(2)9-13(3)16(4)10-14(18)11-17-7-5-15-6-8-17/h12-15,18H,5-11H2,1-4H3. The van der Waals surface area contributed by atoms with Gasteiger partial charge in [0.1, 0.15) is 0 Å². The van der Waals surface area contributed by atoms with Gasteiger partial charge in [0.15, 0.2) is 0 Å². The largest absolute Gasteiger partial charge is 0.390 e. The van der Waals surface area contributed by atoms with Crippen molar-refractivity contribution in [3.8, 4) is 0 Å². The quantitative estimate of drug-likeness (QED) is 0.701. The number of hydrogen-bond donors (Lipinski definition) is 2. The molecule has 4 nitrogen and oxygen atoms in total. The van der Waals surface area contributed by atoms with Crippen LogP contribution in [-0.4, -0.2) is 73.4 Å². The molecule has 0 spiro atoms. The minimum atomic E-state index is -0.234. The van der Waals surface area contributed by atoms with Crippen molar-refractivity contribution < 1.29 is 5.11 Å². The predicted octanol–water partition coefficient (Wildman–Crippen LogP) is 0.619. The van der Waals surface area contributed by atoms with Gasteiger partial charge in [-0.1, -0.05) is 13.8 Å². The predicted molar refractivity (Wildman–Crippen MR) is 76.9 cm³/mol. The van der Waals surface area contributed by atoms with Crippen molar-refractivity contribution in [2.24, 2.45) is 5.92 Å². The van der Waals surface area contributed by atoms with E-state index in [4.69, 9.17) is 0 Å². The van der Waals surface area contributed by atoms with E-state index in [1.807, 2.05) is 0 Å². The monoisotopic (exact) mass is 257 g/mol. The zero-order valence-corrected chi connectivity index (χ0v) is 12.5. The molecule has 1 saturated heterocycles. The first kappa shape index (κ1) is 15.9. The van der Waals surface area contributed by atoms with Crippen LogP contribution in [0.2, 0.25) is 0 Å². The molecule has 1 aliphatic rings. The van der Waals surface area contributed by atoms with E-state index in [1.54, 1.807) is 0 Å². The van der Waals surface area contributed by atoms with Crippen molar-refractivity contribution in [2.75, 3.05) is 46.3 Å². The van der Waals surface area contributed by atoms with Gasteiger partial charge in [0.2, 0.25) is 0 Å². The number of likely N-dealkylation sites (N-methyl/N-ethyl adjacent to an activating group) is 1. The van der Waals surface area contributed by atoms with Gasteiger partial charge in [-0.05, 0) is 26.3 Å². The van der Waals surface area contributed by atoms with Crippen LogP contribution in [0.15, 0.2) is 0 Å². The summed E-state index contributed by atoms with van der Waals surface area (Å²) in [5.41, 5.74) is 0. The minimum Gasteiger partial charge on any atom is -0.390 e. The molecule has 18 heavy (non-hydrogen) atoms. The Labute approximate surface area is 112 Å². The fourth-order valence-electron chi connectivity index (χ4n) is 2.62. The maximum atomic E-state index is 10.2. The molecule has 1 fully saturated rings. The van der Waals surface area contributed by atoms with Crippen molar-refractivity contribution in [3.05, 3.63) is 0 Å². The van der Waals surface area contributed by atoms with E-state index in [1.165, 1.54) is 6.42 Å². The molecule has 4 heteroatoms. The number of nitrogens with zero attached hydrogens (tertiary/aromatic N) is 2. The third kappa shape index (κ3) is 6.14. The first-order valence-electron chi connectivity index (χ1n) is 7.30. The number of β-amino-alcohol motifs (C(OH)–C–C–N with tert-alkyl or cyclic N) is 1. The molecule has 0 aromatic rings. The van der Waals surface area contributed by atoms with Crippen LogP contribution in [-0.2, 0) is 0 Å². The zero-order valence-electron chi connectivity index (χ0n) is 12.5. The Bertz CT molecular complexity index is 217. The topological polar surface area (TPSA) is 38.7 Å². The minimum absolute atomic E-state index is 0.234. The van der Waals surface area contributed by atoms with Crippen LogP contribution in [0.3, 0.4) is 0 Å². The molecule has 0 amide bonds. The van der Waals surface area contributed by atoms with Crippen molar-refractivity contribution in [1.29, 1.82) is 0 Å². The van der Waals surface area contributed by atoms with Crippen molar-refractivity contribution in [3.63, 3.8) is 0 Å². The van der Waals surface area contributed by atoms with Crippen molar-refractivity contribution in [1.82, 2.24) is 15.1 Å². The first-order chi connectivity index (χ1) is 8.49. The number of hydrogen-bond acceptors (Lipinski definition) is 4. The van der Waals surface area contributed by atoms with Crippen molar-refractivity contribution >= 4 is 0 Å².